The maximum absolute atomic E-state index is 12.7. The molecule has 1 aliphatic heterocycles. The van der Waals surface area contributed by atoms with Crippen molar-refractivity contribution in [1.29, 1.82) is 0 Å². The van der Waals surface area contributed by atoms with Gasteiger partial charge in [0.25, 0.3) is 5.91 Å². The summed E-state index contributed by atoms with van der Waals surface area (Å²) in [6, 6.07) is 5.04. The van der Waals surface area contributed by atoms with Crippen LogP contribution in [0.5, 0.6) is 0 Å². The lowest BCUT2D eigenvalue weighted by Gasteiger charge is -2.30. The highest BCUT2D eigenvalue weighted by Gasteiger charge is 2.20. The number of hydrogen-bond donors (Lipinski definition) is 3. The quantitative estimate of drug-likeness (QED) is 0.697. The molecule has 1 fully saturated rings. The van der Waals surface area contributed by atoms with Gasteiger partial charge in [-0.3, -0.25) is 9.59 Å². The third-order valence-electron chi connectivity index (χ3n) is 4.21. The average molecular weight is 419 g/mol. The number of nitrogens with zero attached hydrogens (tertiary/aromatic N) is 3. The Hall–Kier alpha value is -2.68. The fourth-order valence-electron chi connectivity index (χ4n) is 2.93. The van der Waals surface area contributed by atoms with Gasteiger partial charge in [0.1, 0.15) is 4.60 Å². The van der Waals surface area contributed by atoms with Crippen LogP contribution in [0.3, 0.4) is 0 Å². The van der Waals surface area contributed by atoms with Crippen LogP contribution in [0.1, 0.15) is 40.1 Å². The number of rotatable bonds is 4. The number of carbonyl (C=O) groups excluding carboxylic acids is 2. The Morgan fingerprint density at radius 2 is 1.92 bits per heavy atom. The van der Waals surface area contributed by atoms with Crippen molar-refractivity contribution in [2.24, 2.45) is 5.73 Å². The van der Waals surface area contributed by atoms with Crippen molar-refractivity contribution in [1.82, 2.24) is 9.97 Å². The second-order valence-electron chi connectivity index (χ2n) is 6.02. The number of carbonyl (C=O) groups is 2. The van der Waals surface area contributed by atoms with E-state index in [0.29, 0.717) is 15.9 Å². The smallest absolute Gasteiger partial charge is 0.278 e. The van der Waals surface area contributed by atoms with E-state index >= 15 is 0 Å². The Balaban J connectivity index is 1.95. The van der Waals surface area contributed by atoms with Crippen LogP contribution in [0.15, 0.2) is 29.0 Å². The average Bonchev–Trinajstić information content (AvgIpc) is 2.64. The molecule has 0 atom stereocenters. The Labute approximate surface area is 159 Å². The highest BCUT2D eigenvalue weighted by molar-refractivity contribution is 9.10. The predicted octanol–water partition coefficient (Wildman–Crippen LogP) is 2.16. The zero-order chi connectivity index (χ0) is 18.7. The number of hydrogen-bond acceptors (Lipinski definition) is 6. The van der Waals surface area contributed by atoms with Crippen LogP contribution < -0.4 is 21.7 Å². The molecule has 3 rings (SSSR count). The number of primary amides is 1. The maximum atomic E-state index is 12.7. The topological polar surface area (TPSA) is 127 Å². The Morgan fingerprint density at radius 1 is 1.19 bits per heavy atom. The van der Waals surface area contributed by atoms with Crippen LogP contribution >= 0.6 is 15.9 Å². The van der Waals surface area contributed by atoms with Crippen molar-refractivity contribution >= 4 is 44.9 Å². The normalized spacial score (nSPS) is 14.1. The van der Waals surface area contributed by atoms with Gasteiger partial charge in [-0.2, -0.15) is 0 Å². The fraction of sp³-hybridized carbons (Fsp3) is 0.294. The van der Waals surface area contributed by atoms with Gasteiger partial charge >= 0.3 is 0 Å². The highest BCUT2D eigenvalue weighted by atomic mass is 79.9. The number of anilines is 3. The number of piperidine rings is 1. The summed E-state index contributed by atoms with van der Waals surface area (Å²) in [5.41, 5.74) is 12.8. The number of benzene rings is 1. The molecule has 9 heteroatoms. The minimum Gasteiger partial charge on any atom is -0.382 e. The van der Waals surface area contributed by atoms with Crippen LogP contribution in [0.4, 0.5) is 17.2 Å². The van der Waals surface area contributed by atoms with Crippen LogP contribution in [-0.4, -0.2) is 34.9 Å². The van der Waals surface area contributed by atoms with Gasteiger partial charge in [0.2, 0.25) is 5.91 Å². The molecule has 2 aromatic rings. The molecule has 26 heavy (non-hydrogen) atoms. The monoisotopic (exact) mass is 418 g/mol. The van der Waals surface area contributed by atoms with Crippen molar-refractivity contribution in [2.45, 2.75) is 19.3 Å². The van der Waals surface area contributed by atoms with Crippen molar-refractivity contribution in [3.63, 3.8) is 0 Å². The van der Waals surface area contributed by atoms with Crippen molar-refractivity contribution in [3.8, 4) is 0 Å². The van der Waals surface area contributed by atoms with Gasteiger partial charge in [-0.1, -0.05) is 0 Å². The largest absolute Gasteiger partial charge is 0.382 e. The molecular weight excluding hydrogens is 400 g/mol. The molecular formula is C17H19BrN6O2. The van der Waals surface area contributed by atoms with Crippen molar-refractivity contribution in [3.05, 3.63) is 40.3 Å². The van der Waals surface area contributed by atoms with E-state index in [1.54, 1.807) is 18.2 Å². The maximum Gasteiger partial charge on any atom is 0.278 e. The number of nitrogen functional groups attached to an aromatic ring is 1. The first-order valence-electron chi connectivity index (χ1n) is 8.24. The van der Waals surface area contributed by atoms with E-state index in [-0.39, 0.29) is 11.5 Å². The molecule has 5 N–H and O–H groups in total. The molecule has 2 amide bonds. The Morgan fingerprint density at radius 3 is 2.62 bits per heavy atom. The molecule has 1 saturated heterocycles. The van der Waals surface area contributed by atoms with E-state index in [1.807, 2.05) is 0 Å². The zero-order valence-corrected chi connectivity index (χ0v) is 15.6. The molecule has 0 spiro atoms. The first kappa shape index (κ1) is 18.1. The molecule has 2 heterocycles. The first-order valence-corrected chi connectivity index (χ1v) is 9.03. The van der Waals surface area contributed by atoms with Gasteiger partial charge < -0.3 is 21.7 Å². The molecule has 0 unspecified atom stereocenters. The summed E-state index contributed by atoms with van der Waals surface area (Å²) in [6.45, 7) is 1.77. The van der Waals surface area contributed by atoms with E-state index in [9.17, 15) is 9.59 Å². The molecule has 1 aromatic heterocycles. The standard InChI is InChI=1S/C17H19BrN6O2/c18-13-9-21-15(19)14(23-13)17(26)22-11-8-10(16(20)25)4-5-12(11)24-6-2-1-3-7-24/h4-5,8-9H,1-3,6-7H2,(H2,19,21)(H2,20,25)(H,22,26). The summed E-state index contributed by atoms with van der Waals surface area (Å²) in [4.78, 5) is 34.4. The summed E-state index contributed by atoms with van der Waals surface area (Å²) in [5.74, 6) is -1.04. The van der Waals surface area contributed by atoms with E-state index < -0.39 is 11.8 Å². The van der Waals surface area contributed by atoms with E-state index in [1.165, 1.54) is 12.6 Å². The first-order chi connectivity index (χ1) is 12.5. The minimum atomic E-state index is -0.563. The summed E-state index contributed by atoms with van der Waals surface area (Å²) < 4.78 is 0.402. The lowest BCUT2D eigenvalue weighted by atomic mass is 10.1. The van der Waals surface area contributed by atoms with E-state index in [0.717, 1.165) is 31.6 Å². The third-order valence-corrected chi connectivity index (χ3v) is 4.59. The van der Waals surface area contributed by atoms with Gasteiger partial charge in [0.05, 0.1) is 17.6 Å². The number of nitrogens with two attached hydrogens (primary N) is 2. The predicted molar refractivity (Wildman–Crippen MR) is 103 cm³/mol. The van der Waals surface area contributed by atoms with Crippen LogP contribution in [-0.2, 0) is 0 Å². The molecule has 136 valence electrons. The van der Waals surface area contributed by atoms with Gasteiger partial charge in [0.15, 0.2) is 11.5 Å². The Bertz CT molecular complexity index is 851. The SMILES string of the molecule is NC(=O)c1ccc(N2CCCCC2)c(NC(=O)c2nc(Br)cnc2N)c1. The molecule has 0 radical (unpaired) electrons. The number of aromatic nitrogens is 2. The second kappa shape index (κ2) is 7.69. The molecule has 0 aliphatic carbocycles. The van der Waals surface area contributed by atoms with Gasteiger partial charge in [0, 0.05) is 18.7 Å². The highest BCUT2D eigenvalue weighted by Crippen LogP contribution is 2.30. The number of amides is 2. The van der Waals surface area contributed by atoms with Gasteiger partial charge in [-0.25, -0.2) is 9.97 Å². The summed E-state index contributed by atoms with van der Waals surface area (Å²) >= 11 is 3.18. The number of nitrogens with one attached hydrogen (secondary N) is 1. The lowest BCUT2D eigenvalue weighted by Crippen LogP contribution is -2.31. The molecule has 0 bridgehead atoms. The fourth-order valence-corrected chi connectivity index (χ4v) is 3.21. The summed E-state index contributed by atoms with van der Waals surface area (Å²) in [7, 11) is 0. The third kappa shape index (κ3) is 3.93. The molecule has 1 aliphatic rings. The summed E-state index contributed by atoms with van der Waals surface area (Å²) in [5, 5.41) is 2.80. The van der Waals surface area contributed by atoms with Gasteiger partial charge in [-0.05, 0) is 53.4 Å². The van der Waals surface area contributed by atoms with E-state index in [4.69, 9.17) is 11.5 Å². The van der Waals surface area contributed by atoms with E-state index in [2.05, 4.69) is 36.1 Å². The lowest BCUT2D eigenvalue weighted by molar-refractivity contribution is 0.0995. The van der Waals surface area contributed by atoms with Crippen LogP contribution in [0.25, 0.3) is 0 Å². The van der Waals surface area contributed by atoms with Crippen molar-refractivity contribution in [2.75, 3.05) is 29.0 Å². The number of halogens is 1. The minimum absolute atomic E-state index is 0.00782. The van der Waals surface area contributed by atoms with Crippen LogP contribution in [0, 0.1) is 0 Å². The van der Waals surface area contributed by atoms with Crippen LogP contribution in [0.2, 0.25) is 0 Å². The molecule has 1 aromatic carbocycles. The molecule has 0 saturated carbocycles. The van der Waals surface area contributed by atoms with Crippen molar-refractivity contribution < 1.29 is 9.59 Å². The zero-order valence-electron chi connectivity index (χ0n) is 14.0. The Kier molecular flexibility index (Phi) is 5.36. The van der Waals surface area contributed by atoms with Gasteiger partial charge in [-0.15, -0.1) is 0 Å². The molecule has 8 nitrogen and oxygen atoms in total. The summed E-state index contributed by atoms with van der Waals surface area (Å²) in [6.07, 6.45) is 4.75. The second-order valence-corrected chi connectivity index (χ2v) is 6.84.